The summed E-state index contributed by atoms with van der Waals surface area (Å²) in [6.45, 7) is 6.57. The summed E-state index contributed by atoms with van der Waals surface area (Å²) in [5.74, 6) is -0.997. The molecule has 0 rings (SSSR count). The van der Waals surface area contributed by atoms with Crippen molar-refractivity contribution in [2.24, 2.45) is 0 Å². The Morgan fingerprint density at radius 2 is 0.621 bits per heavy atom. The molecule has 1 unspecified atom stereocenters. The molecule has 0 aromatic carbocycles. The largest absolute Gasteiger partial charge is 0.462 e. The van der Waals surface area contributed by atoms with Gasteiger partial charge in [0.05, 0.1) is 0 Å². The van der Waals surface area contributed by atoms with Gasteiger partial charge in [0, 0.05) is 19.3 Å². The molecular formula is C60H106O6. The lowest BCUT2D eigenvalue weighted by Crippen LogP contribution is -2.30. The Bertz CT molecular complexity index is 1200. The van der Waals surface area contributed by atoms with Gasteiger partial charge in [-0.05, 0) is 89.9 Å². The molecule has 0 saturated heterocycles. The van der Waals surface area contributed by atoms with E-state index in [1.165, 1.54) is 173 Å². The van der Waals surface area contributed by atoms with Crippen LogP contribution in [0.15, 0.2) is 60.8 Å². The summed E-state index contributed by atoms with van der Waals surface area (Å²) >= 11 is 0. The Morgan fingerprint density at radius 1 is 0.318 bits per heavy atom. The van der Waals surface area contributed by atoms with E-state index >= 15 is 0 Å². The van der Waals surface area contributed by atoms with Crippen LogP contribution in [0.25, 0.3) is 0 Å². The predicted octanol–water partition coefficient (Wildman–Crippen LogP) is 18.8. The first-order chi connectivity index (χ1) is 32.5. The number of hydrogen-bond acceptors (Lipinski definition) is 6. The van der Waals surface area contributed by atoms with E-state index in [0.29, 0.717) is 12.8 Å². The van der Waals surface area contributed by atoms with Gasteiger partial charge in [0.2, 0.25) is 0 Å². The molecule has 1 atom stereocenters. The summed E-state index contributed by atoms with van der Waals surface area (Å²) in [7, 11) is 0. The summed E-state index contributed by atoms with van der Waals surface area (Å²) in [6.07, 6.45) is 68.0. The molecule has 0 heterocycles. The van der Waals surface area contributed by atoms with Gasteiger partial charge in [-0.25, -0.2) is 0 Å². The van der Waals surface area contributed by atoms with E-state index in [2.05, 4.69) is 75.5 Å². The Morgan fingerprint density at radius 3 is 1.05 bits per heavy atom. The first kappa shape index (κ1) is 63.1. The molecule has 6 nitrogen and oxygen atoms in total. The average Bonchev–Trinajstić information content (AvgIpc) is 3.31. The van der Waals surface area contributed by atoms with E-state index in [-0.39, 0.29) is 44.0 Å². The van der Waals surface area contributed by atoms with E-state index in [0.717, 1.165) is 64.2 Å². The topological polar surface area (TPSA) is 78.9 Å². The zero-order valence-corrected chi connectivity index (χ0v) is 43.7. The van der Waals surface area contributed by atoms with Crippen molar-refractivity contribution >= 4 is 17.9 Å². The Kier molecular flexibility index (Phi) is 52.3. The van der Waals surface area contributed by atoms with Gasteiger partial charge in [-0.15, -0.1) is 0 Å². The van der Waals surface area contributed by atoms with Crippen molar-refractivity contribution in [2.45, 2.75) is 290 Å². The maximum Gasteiger partial charge on any atom is 0.306 e. The number of carbonyl (C=O) groups excluding carboxylic acids is 3. The van der Waals surface area contributed by atoms with Crippen LogP contribution in [0.5, 0.6) is 0 Å². The molecule has 0 radical (unpaired) electrons. The van der Waals surface area contributed by atoms with Crippen molar-refractivity contribution in [2.75, 3.05) is 13.2 Å². The number of ether oxygens (including phenoxy) is 3. The Labute approximate surface area is 409 Å². The normalized spacial score (nSPS) is 12.5. The predicted molar refractivity (Wildman–Crippen MR) is 284 cm³/mol. The van der Waals surface area contributed by atoms with Crippen molar-refractivity contribution in [3.8, 4) is 0 Å². The van der Waals surface area contributed by atoms with Gasteiger partial charge in [0.1, 0.15) is 13.2 Å². The van der Waals surface area contributed by atoms with Crippen LogP contribution in [0.3, 0.4) is 0 Å². The molecule has 0 N–H and O–H groups in total. The van der Waals surface area contributed by atoms with Gasteiger partial charge in [-0.2, -0.15) is 0 Å². The molecule has 6 heteroatoms. The molecule has 66 heavy (non-hydrogen) atoms. The lowest BCUT2D eigenvalue weighted by molar-refractivity contribution is -0.166. The van der Waals surface area contributed by atoms with E-state index in [1.807, 2.05) is 6.08 Å². The van der Waals surface area contributed by atoms with Crippen LogP contribution in [0.1, 0.15) is 284 Å². The van der Waals surface area contributed by atoms with E-state index in [4.69, 9.17) is 14.2 Å². The van der Waals surface area contributed by atoms with Crippen LogP contribution in [0.2, 0.25) is 0 Å². The van der Waals surface area contributed by atoms with E-state index in [1.54, 1.807) is 0 Å². The summed E-state index contributed by atoms with van der Waals surface area (Å²) in [5.41, 5.74) is 0. The standard InChI is InChI=1S/C60H106O6/c1-4-7-10-13-16-19-22-25-27-29-30-31-33-35-38-41-44-47-50-53-59(62)65-56-57(55-64-58(61)52-49-46-43-40-37-34-24-21-18-15-12-9-6-3)66-60(63)54-51-48-45-42-39-36-32-28-26-23-20-17-14-11-8-5-2/h28-30,32,34,36-37,39,43,46,57H,4-27,31,33,35,38,40-42,44-45,47-56H2,1-3H3/b30-29+,32-28+,37-34+,39-36+,46-43+. The second kappa shape index (κ2) is 54.7. The summed E-state index contributed by atoms with van der Waals surface area (Å²) in [6, 6.07) is 0. The highest BCUT2D eigenvalue weighted by Gasteiger charge is 2.19. The Hall–Kier alpha value is -2.89. The number of esters is 3. The van der Waals surface area contributed by atoms with Crippen molar-refractivity contribution in [1.82, 2.24) is 0 Å². The third-order valence-corrected chi connectivity index (χ3v) is 12.3. The van der Waals surface area contributed by atoms with Crippen molar-refractivity contribution in [1.29, 1.82) is 0 Å². The SMILES string of the molecule is CCCCCCCC/C=C/C/C=C/CCC(=O)OCC(COC(=O)CCCCCCCCC/C=C/CCCCCCCCCC)OC(=O)CCCCC/C=C/C=C/CCCCCCCCC. The average molecular weight is 924 g/mol. The van der Waals surface area contributed by atoms with Crippen molar-refractivity contribution in [3.63, 3.8) is 0 Å². The maximum absolute atomic E-state index is 12.8. The molecule has 0 aliphatic rings. The summed E-state index contributed by atoms with van der Waals surface area (Å²) < 4.78 is 16.8. The fourth-order valence-electron chi connectivity index (χ4n) is 7.95. The van der Waals surface area contributed by atoms with Crippen LogP contribution in [0, 0.1) is 0 Å². The van der Waals surface area contributed by atoms with E-state index in [9.17, 15) is 14.4 Å². The first-order valence-electron chi connectivity index (χ1n) is 28.3. The highest BCUT2D eigenvalue weighted by Crippen LogP contribution is 2.14. The van der Waals surface area contributed by atoms with Gasteiger partial charge in [0.25, 0.3) is 0 Å². The second-order valence-electron chi connectivity index (χ2n) is 18.9. The quantitative estimate of drug-likeness (QED) is 0.0199. The summed E-state index contributed by atoms with van der Waals surface area (Å²) in [5, 5.41) is 0. The van der Waals surface area contributed by atoms with E-state index < -0.39 is 6.10 Å². The molecule has 0 spiro atoms. The molecule has 0 aromatic heterocycles. The molecular weight excluding hydrogens is 817 g/mol. The number of hydrogen-bond donors (Lipinski definition) is 0. The Balaban J connectivity index is 4.44. The molecule has 0 saturated carbocycles. The van der Waals surface area contributed by atoms with Crippen LogP contribution in [-0.2, 0) is 28.6 Å². The van der Waals surface area contributed by atoms with Gasteiger partial charge >= 0.3 is 17.9 Å². The van der Waals surface area contributed by atoms with Gasteiger partial charge in [-0.1, -0.05) is 236 Å². The smallest absolute Gasteiger partial charge is 0.306 e. The second-order valence-corrected chi connectivity index (χ2v) is 18.9. The highest BCUT2D eigenvalue weighted by atomic mass is 16.6. The highest BCUT2D eigenvalue weighted by molar-refractivity contribution is 5.71. The molecule has 0 amide bonds. The fraction of sp³-hybridized carbons (Fsp3) is 0.783. The van der Waals surface area contributed by atoms with Gasteiger partial charge in [0.15, 0.2) is 6.10 Å². The lowest BCUT2D eigenvalue weighted by atomic mass is 10.1. The molecule has 0 fully saturated rings. The minimum absolute atomic E-state index is 0.103. The number of allylic oxidation sites excluding steroid dienone is 10. The molecule has 0 bridgehead atoms. The van der Waals surface area contributed by atoms with Crippen LogP contribution in [-0.4, -0.2) is 37.2 Å². The monoisotopic (exact) mass is 923 g/mol. The van der Waals surface area contributed by atoms with Gasteiger partial charge < -0.3 is 14.2 Å². The minimum atomic E-state index is -0.812. The first-order valence-corrected chi connectivity index (χ1v) is 28.3. The maximum atomic E-state index is 12.8. The third-order valence-electron chi connectivity index (χ3n) is 12.3. The minimum Gasteiger partial charge on any atom is -0.462 e. The van der Waals surface area contributed by atoms with Crippen LogP contribution < -0.4 is 0 Å². The van der Waals surface area contributed by atoms with Crippen molar-refractivity contribution < 1.29 is 28.6 Å². The van der Waals surface area contributed by atoms with Crippen LogP contribution >= 0.6 is 0 Å². The van der Waals surface area contributed by atoms with Crippen LogP contribution in [0.4, 0.5) is 0 Å². The summed E-state index contributed by atoms with van der Waals surface area (Å²) in [4.78, 5) is 38.0. The molecule has 382 valence electrons. The third kappa shape index (κ3) is 52.1. The zero-order valence-electron chi connectivity index (χ0n) is 43.7. The molecule has 0 aliphatic carbocycles. The van der Waals surface area contributed by atoms with Gasteiger partial charge in [-0.3, -0.25) is 14.4 Å². The molecule has 0 aromatic rings. The number of unbranched alkanes of at least 4 members (excludes halogenated alkanes) is 31. The fourth-order valence-corrected chi connectivity index (χ4v) is 7.95. The van der Waals surface area contributed by atoms with Crippen molar-refractivity contribution in [3.05, 3.63) is 60.8 Å². The molecule has 0 aliphatic heterocycles. The zero-order chi connectivity index (χ0) is 47.9. The lowest BCUT2D eigenvalue weighted by Gasteiger charge is -2.18. The number of carbonyl (C=O) groups is 3. The number of rotatable bonds is 51.